The molecule has 7 heteroatoms. The zero-order valence-electron chi connectivity index (χ0n) is 14.3. The minimum absolute atomic E-state index is 0.00869. The number of amides is 2. The summed E-state index contributed by atoms with van der Waals surface area (Å²) >= 11 is 0. The van der Waals surface area contributed by atoms with Crippen molar-refractivity contribution in [3.8, 4) is 0 Å². The van der Waals surface area contributed by atoms with Crippen molar-refractivity contribution >= 4 is 11.8 Å². The molecule has 1 aromatic rings. The first kappa shape index (κ1) is 17.0. The first-order valence-electron chi connectivity index (χ1n) is 8.36. The lowest BCUT2D eigenvalue weighted by Gasteiger charge is -2.50. The van der Waals surface area contributed by atoms with Gasteiger partial charge in [-0.3, -0.25) is 9.59 Å². The largest absolute Gasteiger partial charge is 0.375 e. The highest BCUT2D eigenvalue weighted by Gasteiger charge is 2.53. The predicted octanol–water partition coefficient (Wildman–Crippen LogP) is 0.409. The second kappa shape index (κ2) is 6.94. The van der Waals surface area contributed by atoms with Crippen LogP contribution in [-0.2, 0) is 21.3 Å². The van der Waals surface area contributed by atoms with E-state index >= 15 is 0 Å². The number of methoxy groups -OCH3 is 1. The topological polar surface area (TPSA) is 72.8 Å². The van der Waals surface area contributed by atoms with E-state index in [4.69, 9.17) is 9.47 Å². The molecule has 3 rings (SSSR count). The number of nitrogens with zero attached hydrogens (tertiary/aromatic N) is 2. The molecule has 2 amide bonds. The average Bonchev–Trinajstić information content (AvgIpc) is 3.12. The Kier molecular flexibility index (Phi) is 4.91. The van der Waals surface area contributed by atoms with Crippen molar-refractivity contribution in [3.05, 3.63) is 24.0 Å². The number of hydrogen-bond acceptors (Lipinski definition) is 4. The van der Waals surface area contributed by atoms with Gasteiger partial charge in [-0.15, -0.1) is 0 Å². The Morgan fingerprint density at radius 3 is 2.92 bits per heavy atom. The van der Waals surface area contributed by atoms with Crippen molar-refractivity contribution in [3.63, 3.8) is 0 Å². The van der Waals surface area contributed by atoms with E-state index in [9.17, 15) is 9.59 Å². The maximum Gasteiger partial charge on any atom is 0.267 e. The van der Waals surface area contributed by atoms with E-state index in [1.807, 2.05) is 19.3 Å². The van der Waals surface area contributed by atoms with Gasteiger partial charge in [0.15, 0.2) is 0 Å². The van der Waals surface area contributed by atoms with E-state index < -0.39 is 0 Å². The number of carbonyl (C=O) groups is 2. The number of hydrogen-bond donors (Lipinski definition) is 1. The fraction of sp³-hybridized carbons (Fsp3) is 0.647. The van der Waals surface area contributed by atoms with Gasteiger partial charge in [0.25, 0.3) is 5.91 Å². The zero-order chi connectivity index (χ0) is 17.2. The van der Waals surface area contributed by atoms with Gasteiger partial charge in [0.1, 0.15) is 17.9 Å². The summed E-state index contributed by atoms with van der Waals surface area (Å²) in [4.78, 5) is 25.7. The lowest BCUT2D eigenvalue weighted by Crippen LogP contribution is -2.66. The highest BCUT2D eigenvalue weighted by atomic mass is 16.5. The van der Waals surface area contributed by atoms with Gasteiger partial charge in [-0.1, -0.05) is 0 Å². The molecule has 7 nitrogen and oxygen atoms in total. The second-order valence-electron chi connectivity index (χ2n) is 6.63. The first-order chi connectivity index (χ1) is 11.6. The van der Waals surface area contributed by atoms with Gasteiger partial charge in [-0.25, -0.2) is 0 Å². The molecule has 0 aromatic carbocycles. The van der Waals surface area contributed by atoms with Crippen molar-refractivity contribution in [2.75, 3.05) is 40.0 Å². The van der Waals surface area contributed by atoms with Crippen LogP contribution in [0.2, 0.25) is 0 Å². The molecule has 1 spiro atoms. The minimum Gasteiger partial charge on any atom is -0.375 e. The van der Waals surface area contributed by atoms with Crippen molar-refractivity contribution in [2.24, 2.45) is 13.0 Å². The summed E-state index contributed by atoms with van der Waals surface area (Å²) < 4.78 is 12.6. The number of rotatable bonds is 6. The molecule has 2 aliphatic heterocycles. The van der Waals surface area contributed by atoms with E-state index in [0.29, 0.717) is 31.2 Å². The van der Waals surface area contributed by atoms with Gasteiger partial charge >= 0.3 is 0 Å². The minimum atomic E-state index is -0.223. The van der Waals surface area contributed by atoms with Crippen LogP contribution in [-0.4, -0.2) is 66.8 Å². The molecule has 0 aliphatic carbocycles. The van der Waals surface area contributed by atoms with Crippen LogP contribution in [0.1, 0.15) is 23.3 Å². The van der Waals surface area contributed by atoms with Crippen molar-refractivity contribution in [1.29, 1.82) is 0 Å². The third kappa shape index (κ3) is 3.18. The maximum atomic E-state index is 12.1. The smallest absolute Gasteiger partial charge is 0.267 e. The van der Waals surface area contributed by atoms with Gasteiger partial charge in [-0.05, 0) is 30.9 Å². The highest BCUT2D eigenvalue weighted by Crippen LogP contribution is 2.41. The van der Waals surface area contributed by atoms with Crippen LogP contribution in [0, 0.1) is 5.92 Å². The predicted molar refractivity (Wildman–Crippen MR) is 87.6 cm³/mol. The number of carbonyl (C=O) groups excluding carboxylic acids is 2. The monoisotopic (exact) mass is 335 g/mol. The Morgan fingerprint density at radius 1 is 1.46 bits per heavy atom. The van der Waals surface area contributed by atoms with E-state index in [0.717, 1.165) is 19.4 Å². The highest BCUT2D eigenvalue weighted by molar-refractivity contribution is 5.92. The quantitative estimate of drug-likeness (QED) is 0.817. The summed E-state index contributed by atoms with van der Waals surface area (Å²) in [6.07, 6.45) is 3.70. The van der Waals surface area contributed by atoms with Crippen molar-refractivity contribution < 1.29 is 19.1 Å². The second-order valence-corrected chi connectivity index (χ2v) is 6.63. The Balaban J connectivity index is 1.47. The molecule has 0 saturated carbocycles. The number of ether oxygens (including phenoxy) is 2. The molecule has 1 aromatic heterocycles. The first-order valence-corrected chi connectivity index (χ1v) is 8.36. The molecular weight excluding hydrogens is 310 g/mol. The maximum absolute atomic E-state index is 12.1. The van der Waals surface area contributed by atoms with E-state index in [1.165, 1.54) is 7.11 Å². The van der Waals surface area contributed by atoms with Crippen LogP contribution in [0.3, 0.4) is 0 Å². The molecule has 1 N–H and O–H groups in total. The molecular formula is C17H25N3O4. The number of nitrogens with one attached hydrogen (secondary N) is 1. The summed E-state index contributed by atoms with van der Waals surface area (Å²) in [5, 5.41) is 2.98. The average molecular weight is 335 g/mol. The molecule has 132 valence electrons. The Hall–Kier alpha value is -1.86. The van der Waals surface area contributed by atoms with Crippen LogP contribution in [0.5, 0.6) is 0 Å². The van der Waals surface area contributed by atoms with Crippen molar-refractivity contribution in [2.45, 2.75) is 18.4 Å². The molecule has 0 bridgehead atoms. The van der Waals surface area contributed by atoms with Crippen LogP contribution in [0.25, 0.3) is 0 Å². The summed E-state index contributed by atoms with van der Waals surface area (Å²) in [7, 11) is 3.38. The fourth-order valence-corrected chi connectivity index (χ4v) is 3.68. The SMILES string of the molecule is COCC(=O)N1CC2(C1)OCC[C@H]2CCNC(=O)c1cccn1C. The van der Waals surface area contributed by atoms with E-state index in [-0.39, 0.29) is 24.0 Å². The van der Waals surface area contributed by atoms with E-state index in [2.05, 4.69) is 5.32 Å². The summed E-state index contributed by atoms with van der Waals surface area (Å²) in [5.41, 5.74) is 0.436. The number of aromatic nitrogens is 1. The van der Waals surface area contributed by atoms with E-state index in [1.54, 1.807) is 15.5 Å². The lowest BCUT2D eigenvalue weighted by molar-refractivity contribution is -0.168. The third-order valence-corrected chi connectivity index (χ3v) is 5.09. The standard InChI is InChI=1S/C17H25N3O4/c1-19-8-3-4-14(19)16(22)18-7-5-13-6-9-24-17(13)11-20(12-17)15(21)10-23-2/h3-4,8,13H,5-7,9-12H2,1-2H3,(H,18,22)/t13-/m1/s1. The summed E-state index contributed by atoms with van der Waals surface area (Å²) in [6.45, 7) is 2.72. The Labute approximate surface area is 141 Å². The molecule has 0 unspecified atom stereocenters. The Bertz CT molecular complexity index is 607. The van der Waals surface area contributed by atoms with Gasteiger partial charge in [0.05, 0.1) is 13.1 Å². The number of likely N-dealkylation sites (tertiary alicyclic amines) is 1. The Morgan fingerprint density at radius 2 is 2.25 bits per heavy atom. The van der Waals surface area contributed by atoms with Crippen LogP contribution < -0.4 is 5.32 Å². The van der Waals surface area contributed by atoms with Crippen LogP contribution >= 0.6 is 0 Å². The zero-order valence-corrected chi connectivity index (χ0v) is 14.3. The molecule has 2 saturated heterocycles. The summed E-state index contributed by atoms with van der Waals surface area (Å²) in [5.74, 6) is 0.327. The van der Waals surface area contributed by atoms with Crippen LogP contribution in [0.15, 0.2) is 18.3 Å². The molecule has 2 fully saturated rings. The molecule has 0 radical (unpaired) electrons. The molecule has 2 aliphatic rings. The van der Waals surface area contributed by atoms with Gasteiger partial charge < -0.3 is 24.3 Å². The van der Waals surface area contributed by atoms with Gasteiger partial charge in [0, 0.05) is 33.5 Å². The normalized spacial score (nSPS) is 21.8. The van der Waals surface area contributed by atoms with Gasteiger partial charge in [0.2, 0.25) is 5.91 Å². The molecule has 3 heterocycles. The summed E-state index contributed by atoms with van der Waals surface area (Å²) in [6, 6.07) is 3.66. The van der Waals surface area contributed by atoms with Gasteiger partial charge in [-0.2, -0.15) is 0 Å². The number of aryl methyl sites for hydroxylation is 1. The van der Waals surface area contributed by atoms with Crippen LogP contribution in [0.4, 0.5) is 0 Å². The third-order valence-electron chi connectivity index (χ3n) is 5.09. The fourth-order valence-electron chi connectivity index (χ4n) is 3.68. The molecule has 1 atom stereocenters. The lowest BCUT2D eigenvalue weighted by atomic mass is 9.79. The van der Waals surface area contributed by atoms with Crippen molar-refractivity contribution in [1.82, 2.24) is 14.8 Å². The molecule has 24 heavy (non-hydrogen) atoms.